The van der Waals surface area contributed by atoms with Gasteiger partial charge in [0.25, 0.3) is 0 Å². The van der Waals surface area contributed by atoms with Crippen LogP contribution in [0, 0.1) is 0 Å². The van der Waals surface area contributed by atoms with Gasteiger partial charge < -0.3 is 15.6 Å². The van der Waals surface area contributed by atoms with Gasteiger partial charge in [0.15, 0.2) is 0 Å². The molecule has 1 unspecified atom stereocenters. The van der Waals surface area contributed by atoms with Crippen molar-refractivity contribution in [1.29, 1.82) is 0 Å². The Morgan fingerprint density at radius 3 is 2.79 bits per heavy atom. The number of nitrogens with one attached hydrogen (secondary N) is 1. The van der Waals surface area contributed by atoms with E-state index in [4.69, 9.17) is 21.9 Å². The second-order valence-corrected chi connectivity index (χ2v) is 4.46. The van der Waals surface area contributed by atoms with Crippen LogP contribution in [-0.4, -0.2) is 22.1 Å². The number of halogens is 1. The molecule has 0 aliphatic heterocycles. The minimum absolute atomic E-state index is 0.154. The van der Waals surface area contributed by atoms with Crippen LogP contribution in [0.3, 0.4) is 0 Å². The first-order valence-electron chi connectivity index (χ1n) is 5.68. The van der Waals surface area contributed by atoms with Crippen molar-refractivity contribution in [2.75, 3.05) is 0 Å². The number of rotatable bonds is 4. The maximum absolute atomic E-state index is 11.3. The molecule has 6 nitrogen and oxygen atoms in total. The third-order valence-corrected chi connectivity index (χ3v) is 2.65. The van der Waals surface area contributed by atoms with E-state index in [1.54, 1.807) is 31.2 Å². The number of aromatic nitrogens is 2. The van der Waals surface area contributed by atoms with Crippen molar-refractivity contribution in [2.45, 2.75) is 19.5 Å². The van der Waals surface area contributed by atoms with Gasteiger partial charge in [0.2, 0.25) is 17.6 Å². The first kappa shape index (κ1) is 13.5. The highest BCUT2D eigenvalue weighted by Gasteiger charge is 2.11. The van der Waals surface area contributed by atoms with E-state index in [0.717, 1.165) is 5.56 Å². The first-order chi connectivity index (χ1) is 9.06. The normalized spacial score (nSPS) is 12.2. The minimum Gasteiger partial charge on any atom is -0.346 e. The van der Waals surface area contributed by atoms with Gasteiger partial charge in [-0.2, -0.15) is 4.98 Å². The van der Waals surface area contributed by atoms with Crippen LogP contribution in [0.1, 0.15) is 12.8 Å². The second-order valence-electron chi connectivity index (χ2n) is 4.03. The smallest absolute Gasteiger partial charge is 0.246 e. The van der Waals surface area contributed by atoms with E-state index in [9.17, 15) is 4.79 Å². The van der Waals surface area contributed by atoms with E-state index in [-0.39, 0.29) is 12.5 Å². The Hall–Kier alpha value is -1.92. The summed E-state index contributed by atoms with van der Waals surface area (Å²) >= 11 is 5.79. The van der Waals surface area contributed by atoms with Gasteiger partial charge >= 0.3 is 0 Å². The van der Waals surface area contributed by atoms with E-state index in [0.29, 0.717) is 16.7 Å². The Morgan fingerprint density at radius 2 is 2.16 bits per heavy atom. The molecule has 0 saturated heterocycles. The molecule has 1 atom stereocenters. The topological polar surface area (TPSA) is 94.0 Å². The SMILES string of the molecule is CC(N)C(=O)NCc1nc(-c2ccc(Cl)cc2)no1. The van der Waals surface area contributed by atoms with Gasteiger partial charge in [-0.05, 0) is 31.2 Å². The number of hydrogen-bond donors (Lipinski definition) is 2. The zero-order valence-electron chi connectivity index (χ0n) is 10.3. The van der Waals surface area contributed by atoms with Crippen LogP contribution >= 0.6 is 11.6 Å². The Morgan fingerprint density at radius 1 is 1.47 bits per heavy atom. The molecule has 1 aromatic carbocycles. The quantitative estimate of drug-likeness (QED) is 0.882. The van der Waals surface area contributed by atoms with Crippen LogP contribution < -0.4 is 11.1 Å². The van der Waals surface area contributed by atoms with Crippen LogP contribution in [0.15, 0.2) is 28.8 Å². The maximum atomic E-state index is 11.3. The molecular formula is C12H13ClN4O2. The number of carbonyl (C=O) groups excluding carboxylic acids is 1. The predicted octanol–water partition coefficient (Wildman–Crippen LogP) is 1.35. The predicted molar refractivity (Wildman–Crippen MR) is 70.2 cm³/mol. The second kappa shape index (κ2) is 5.81. The van der Waals surface area contributed by atoms with Crippen LogP contribution in [0.4, 0.5) is 0 Å². The number of amides is 1. The highest BCUT2D eigenvalue weighted by Crippen LogP contribution is 2.18. The van der Waals surface area contributed by atoms with Gasteiger partial charge in [0.1, 0.15) is 0 Å². The average molecular weight is 281 g/mol. The summed E-state index contributed by atoms with van der Waals surface area (Å²) in [6.07, 6.45) is 0. The fraction of sp³-hybridized carbons (Fsp3) is 0.250. The largest absolute Gasteiger partial charge is 0.346 e. The molecule has 0 spiro atoms. The van der Waals surface area contributed by atoms with Crippen LogP contribution in [0.25, 0.3) is 11.4 Å². The monoisotopic (exact) mass is 280 g/mol. The van der Waals surface area contributed by atoms with Gasteiger partial charge in [0, 0.05) is 10.6 Å². The minimum atomic E-state index is -0.571. The maximum Gasteiger partial charge on any atom is 0.246 e. The van der Waals surface area contributed by atoms with Gasteiger partial charge in [-0.3, -0.25) is 4.79 Å². The molecule has 1 amide bonds. The molecule has 2 aromatic rings. The van der Waals surface area contributed by atoms with E-state index < -0.39 is 6.04 Å². The summed E-state index contributed by atoms with van der Waals surface area (Å²) in [5.41, 5.74) is 6.21. The molecule has 3 N–H and O–H groups in total. The molecule has 19 heavy (non-hydrogen) atoms. The molecule has 100 valence electrons. The van der Waals surface area contributed by atoms with Gasteiger partial charge in [-0.15, -0.1) is 0 Å². The molecule has 0 radical (unpaired) electrons. The lowest BCUT2D eigenvalue weighted by Crippen LogP contribution is -2.37. The summed E-state index contributed by atoms with van der Waals surface area (Å²) in [7, 11) is 0. The van der Waals surface area contributed by atoms with Gasteiger partial charge in [0.05, 0.1) is 12.6 Å². The third-order valence-electron chi connectivity index (χ3n) is 2.40. The van der Waals surface area contributed by atoms with E-state index >= 15 is 0 Å². The molecule has 1 heterocycles. The molecular weight excluding hydrogens is 268 g/mol. The molecule has 0 saturated carbocycles. The number of benzene rings is 1. The van der Waals surface area contributed by atoms with Crippen LogP contribution in [-0.2, 0) is 11.3 Å². The molecule has 0 aliphatic carbocycles. The Balaban J connectivity index is 2.03. The molecule has 0 bridgehead atoms. The van der Waals surface area contributed by atoms with Crippen molar-refractivity contribution in [3.8, 4) is 11.4 Å². The lowest BCUT2D eigenvalue weighted by Gasteiger charge is -2.03. The van der Waals surface area contributed by atoms with Crippen LogP contribution in [0.2, 0.25) is 5.02 Å². The van der Waals surface area contributed by atoms with Crippen LogP contribution in [0.5, 0.6) is 0 Å². The van der Waals surface area contributed by atoms with Crippen molar-refractivity contribution in [1.82, 2.24) is 15.5 Å². The molecule has 1 aromatic heterocycles. The van der Waals surface area contributed by atoms with Crippen molar-refractivity contribution in [2.24, 2.45) is 5.73 Å². The van der Waals surface area contributed by atoms with E-state index in [1.807, 2.05) is 0 Å². The standard InChI is InChI=1S/C12H13ClN4O2/c1-7(14)12(18)15-6-10-16-11(17-19-10)8-2-4-9(13)5-3-8/h2-5,7H,6,14H2,1H3,(H,15,18). The summed E-state index contributed by atoms with van der Waals surface area (Å²) < 4.78 is 5.03. The summed E-state index contributed by atoms with van der Waals surface area (Å²) in [5.74, 6) is 0.493. The lowest BCUT2D eigenvalue weighted by atomic mass is 10.2. The van der Waals surface area contributed by atoms with E-state index in [2.05, 4.69) is 15.5 Å². The average Bonchev–Trinajstić information content (AvgIpc) is 2.85. The first-order valence-corrected chi connectivity index (χ1v) is 6.06. The Bertz CT molecular complexity index is 565. The van der Waals surface area contributed by atoms with Crippen molar-refractivity contribution >= 4 is 17.5 Å². The Labute approximate surface area is 114 Å². The van der Waals surface area contributed by atoms with Crippen molar-refractivity contribution < 1.29 is 9.32 Å². The summed E-state index contributed by atoms with van der Waals surface area (Å²) in [4.78, 5) is 15.5. The summed E-state index contributed by atoms with van der Waals surface area (Å²) in [6, 6.07) is 6.49. The lowest BCUT2D eigenvalue weighted by molar-refractivity contribution is -0.122. The highest BCUT2D eigenvalue weighted by atomic mass is 35.5. The number of carbonyl (C=O) groups is 1. The van der Waals surface area contributed by atoms with Crippen molar-refractivity contribution in [3.63, 3.8) is 0 Å². The van der Waals surface area contributed by atoms with E-state index in [1.165, 1.54) is 0 Å². The zero-order valence-corrected chi connectivity index (χ0v) is 11.0. The van der Waals surface area contributed by atoms with Crippen molar-refractivity contribution in [3.05, 3.63) is 35.2 Å². The number of nitrogens with zero attached hydrogens (tertiary/aromatic N) is 2. The third kappa shape index (κ3) is 3.52. The number of hydrogen-bond acceptors (Lipinski definition) is 5. The summed E-state index contributed by atoms with van der Waals surface area (Å²) in [5, 5.41) is 7.05. The van der Waals surface area contributed by atoms with Gasteiger partial charge in [-0.25, -0.2) is 0 Å². The molecule has 0 fully saturated rings. The fourth-order valence-electron chi connectivity index (χ4n) is 1.37. The molecule has 7 heteroatoms. The summed E-state index contributed by atoms with van der Waals surface area (Å²) in [6.45, 7) is 1.75. The zero-order chi connectivity index (χ0) is 13.8. The fourth-order valence-corrected chi connectivity index (χ4v) is 1.49. The number of nitrogens with two attached hydrogens (primary N) is 1. The molecule has 2 rings (SSSR count). The Kier molecular flexibility index (Phi) is 4.13. The highest BCUT2D eigenvalue weighted by molar-refractivity contribution is 6.30. The van der Waals surface area contributed by atoms with Gasteiger partial charge in [-0.1, -0.05) is 16.8 Å². The molecule has 0 aliphatic rings.